The first-order valence-corrected chi connectivity index (χ1v) is 12.1. The highest BCUT2D eigenvalue weighted by molar-refractivity contribution is 6.08. The lowest BCUT2D eigenvalue weighted by Gasteiger charge is -2.59. The number of nitrogens with zero attached hydrogens (tertiary/aromatic N) is 3. The van der Waals surface area contributed by atoms with E-state index >= 15 is 0 Å². The number of rotatable bonds is 4. The van der Waals surface area contributed by atoms with Crippen molar-refractivity contribution in [2.24, 2.45) is 30.2 Å². The van der Waals surface area contributed by atoms with E-state index in [1.54, 1.807) is 13.2 Å². The molecule has 1 aromatic carbocycles. The lowest BCUT2D eigenvalue weighted by molar-refractivity contribution is -0.128. The highest BCUT2D eigenvalue weighted by atomic mass is 16.2. The van der Waals surface area contributed by atoms with Gasteiger partial charge in [0.05, 0.1) is 11.7 Å². The van der Waals surface area contributed by atoms with Crippen LogP contribution in [0.25, 0.3) is 21.8 Å². The molecule has 7 rings (SSSR count). The summed E-state index contributed by atoms with van der Waals surface area (Å²) in [6.07, 6.45) is 9.71. The first-order valence-electron chi connectivity index (χ1n) is 12.1. The van der Waals surface area contributed by atoms with Crippen LogP contribution in [0.1, 0.15) is 58.4 Å². The van der Waals surface area contributed by atoms with E-state index in [2.05, 4.69) is 17.3 Å². The second kappa shape index (κ2) is 6.93. The third-order valence-corrected chi connectivity index (χ3v) is 8.94. The highest BCUT2D eigenvalue weighted by Crippen LogP contribution is 2.61. The van der Waals surface area contributed by atoms with Gasteiger partial charge in [0.25, 0.3) is 5.56 Å². The smallest absolute Gasteiger partial charge is 0.291 e. The first kappa shape index (κ1) is 20.0. The largest absolute Gasteiger partial charge is 0.351 e. The van der Waals surface area contributed by atoms with Crippen LogP contribution >= 0.6 is 0 Å². The van der Waals surface area contributed by atoms with E-state index < -0.39 is 6.04 Å². The molecule has 168 valence electrons. The van der Waals surface area contributed by atoms with Gasteiger partial charge in [0.1, 0.15) is 11.6 Å². The summed E-state index contributed by atoms with van der Waals surface area (Å²) in [5, 5.41) is 9.39. The molecule has 0 radical (unpaired) electrons. The fraction of sp³-hybridized carbons (Fsp3) is 0.577. The summed E-state index contributed by atoms with van der Waals surface area (Å²) in [6.45, 7) is 4.13. The SMILES string of the molecule is C[C@H](C(=O)N[C@H](C)C12CC3CC(CC(C3)C1)C2)n1c2ccccc2c2cnn(C)c(=O)c21. The van der Waals surface area contributed by atoms with Crippen LogP contribution in [-0.4, -0.2) is 26.3 Å². The Balaban J connectivity index is 1.35. The molecule has 0 spiro atoms. The van der Waals surface area contributed by atoms with Gasteiger partial charge in [0.2, 0.25) is 5.91 Å². The van der Waals surface area contributed by atoms with E-state index in [-0.39, 0.29) is 22.9 Å². The van der Waals surface area contributed by atoms with Crippen molar-refractivity contribution in [3.8, 4) is 0 Å². The second-order valence-corrected chi connectivity index (χ2v) is 10.9. The van der Waals surface area contributed by atoms with Gasteiger partial charge in [0, 0.05) is 23.9 Å². The molecule has 0 unspecified atom stereocenters. The quantitative estimate of drug-likeness (QED) is 0.673. The zero-order chi connectivity index (χ0) is 22.2. The molecular weight excluding hydrogens is 400 g/mol. The van der Waals surface area contributed by atoms with Crippen LogP contribution in [0.4, 0.5) is 0 Å². The van der Waals surface area contributed by atoms with Crippen molar-refractivity contribution >= 4 is 27.7 Å². The average molecular weight is 433 g/mol. The number of hydrogen-bond donors (Lipinski definition) is 1. The summed E-state index contributed by atoms with van der Waals surface area (Å²) in [5.74, 6) is 2.55. The minimum absolute atomic E-state index is 0.00485. The van der Waals surface area contributed by atoms with E-state index in [1.165, 1.54) is 43.2 Å². The Kier molecular flexibility index (Phi) is 4.33. The van der Waals surface area contributed by atoms with Gasteiger partial charge in [-0.1, -0.05) is 18.2 Å². The fourth-order valence-corrected chi connectivity index (χ4v) is 7.70. The second-order valence-electron chi connectivity index (χ2n) is 10.9. The first-order chi connectivity index (χ1) is 15.4. The summed E-state index contributed by atoms with van der Waals surface area (Å²) < 4.78 is 3.26. The van der Waals surface area contributed by atoms with Crippen molar-refractivity contribution in [2.45, 2.75) is 64.5 Å². The third-order valence-electron chi connectivity index (χ3n) is 8.94. The molecule has 3 aromatic rings. The summed E-state index contributed by atoms with van der Waals surface area (Å²) in [7, 11) is 1.66. The van der Waals surface area contributed by atoms with Gasteiger partial charge in [-0.25, -0.2) is 4.68 Å². The third kappa shape index (κ3) is 2.81. The van der Waals surface area contributed by atoms with Gasteiger partial charge in [-0.3, -0.25) is 9.59 Å². The van der Waals surface area contributed by atoms with E-state index in [4.69, 9.17) is 0 Å². The zero-order valence-corrected chi connectivity index (χ0v) is 19.2. The van der Waals surface area contributed by atoms with Crippen LogP contribution in [0, 0.1) is 23.2 Å². The van der Waals surface area contributed by atoms with Gasteiger partial charge in [-0.15, -0.1) is 0 Å². The monoisotopic (exact) mass is 432 g/mol. The highest BCUT2D eigenvalue weighted by Gasteiger charge is 2.53. The van der Waals surface area contributed by atoms with Crippen molar-refractivity contribution in [3.63, 3.8) is 0 Å². The van der Waals surface area contributed by atoms with Crippen LogP contribution in [0.3, 0.4) is 0 Å². The average Bonchev–Trinajstić information content (AvgIpc) is 3.10. The minimum atomic E-state index is -0.483. The van der Waals surface area contributed by atoms with Gasteiger partial charge in [-0.05, 0) is 81.6 Å². The Morgan fingerprint density at radius 2 is 1.69 bits per heavy atom. The number of aryl methyl sites for hydroxylation is 1. The number of hydrogen-bond acceptors (Lipinski definition) is 3. The molecule has 6 nitrogen and oxygen atoms in total. The standard InChI is InChI=1S/C26H32N4O2/c1-15(24(31)28-16(2)26-11-17-8-18(12-26)10-19(9-17)13-26)30-22-7-5-4-6-20(22)21-14-27-29(3)25(32)23(21)30/h4-7,14-19H,8-13H2,1-3H3,(H,28,31)/t15-,16-,17?,18?,19?,26?/m1/s1. The Hall–Kier alpha value is -2.63. The maximum atomic E-state index is 13.6. The van der Waals surface area contributed by atoms with Gasteiger partial charge < -0.3 is 9.88 Å². The lowest BCUT2D eigenvalue weighted by atomic mass is 9.48. The number of amides is 1. The number of nitrogens with one attached hydrogen (secondary N) is 1. The molecule has 4 bridgehead atoms. The number of aromatic nitrogens is 3. The van der Waals surface area contributed by atoms with Gasteiger partial charge in [-0.2, -0.15) is 5.10 Å². The molecule has 2 heterocycles. The van der Waals surface area contributed by atoms with E-state index in [0.717, 1.165) is 34.0 Å². The van der Waals surface area contributed by atoms with E-state index in [1.807, 2.05) is 35.8 Å². The zero-order valence-electron chi connectivity index (χ0n) is 19.2. The molecule has 1 N–H and O–H groups in total. The van der Waals surface area contributed by atoms with Crippen LogP contribution in [0.2, 0.25) is 0 Å². The maximum Gasteiger partial charge on any atom is 0.291 e. The Bertz CT molecular complexity index is 1250. The molecule has 4 aliphatic rings. The van der Waals surface area contributed by atoms with Crippen LogP contribution < -0.4 is 10.9 Å². The number of benzene rings is 1. The summed E-state index contributed by atoms with van der Waals surface area (Å²) >= 11 is 0. The number of carbonyl (C=O) groups excluding carboxylic acids is 1. The lowest BCUT2D eigenvalue weighted by Crippen LogP contribution is -2.56. The summed E-state index contributed by atoms with van der Waals surface area (Å²) in [4.78, 5) is 26.6. The van der Waals surface area contributed by atoms with E-state index in [9.17, 15) is 9.59 Å². The fourth-order valence-electron chi connectivity index (χ4n) is 7.70. The van der Waals surface area contributed by atoms with E-state index in [0.29, 0.717) is 5.52 Å². The summed E-state index contributed by atoms with van der Waals surface area (Å²) in [6, 6.07) is 7.58. The predicted molar refractivity (Wildman–Crippen MR) is 125 cm³/mol. The minimum Gasteiger partial charge on any atom is -0.351 e. The molecule has 2 aromatic heterocycles. The van der Waals surface area contributed by atoms with Crippen molar-refractivity contribution in [1.82, 2.24) is 19.7 Å². The van der Waals surface area contributed by atoms with Crippen molar-refractivity contribution in [1.29, 1.82) is 0 Å². The van der Waals surface area contributed by atoms with Crippen LogP contribution in [0.15, 0.2) is 35.3 Å². The van der Waals surface area contributed by atoms with Gasteiger partial charge >= 0.3 is 0 Å². The molecule has 6 heteroatoms. The Morgan fingerprint density at radius 1 is 1.06 bits per heavy atom. The number of para-hydroxylation sites is 1. The normalized spacial score (nSPS) is 30.7. The number of fused-ring (bicyclic) bond motifs is 3. The van der Waals surface area contributed by atoms with Crippen LogP contribution in [-0.2, 0) is 11.8 Å². The molecule has 4 saturated carbocycles. The number of carbonyl (C=O) groups is 1. The molecule has 1 amide bonds. The Morgan fingerprint density at radius 3 is 2.34 bits per heavy atom. The molecule has 0 saturated heterocycles. The Labute approximate surface area is 188 Å². The molecular formula is C26H32N4O2. The molecule has 4 fully saturated rings. The molecule has 2 atom stereocenters. The summed E-state index contributed by atoms with van der Waals surface area (Å²) in [5.41, 5.74) is 1.53. The molecule has 0 aliphatic heterocycles. The van der Waals surface area contributed by atoms with Crippen LogP contribution in [0.5, 0.6) is 0 Å². The molecule has 4 aliphatic carbocycles. The van der Waals surface area contributed by atoms with Gasteiger partial charge in [0.15, 0.2) is 0 Å². The topological polar surface area (TPSA) is 68.9 Å². The van der Waals surface area contributed by atoms with Crippen molar-refractivity contribution in [2.75, 3.05) is 0 Å². The maximum absolute atomic E-state index is 13.6. The molecule has 32 heavy (non-hydrogen) atoms. The van der Waals surface area contributed by atoms with Crippen molar-refractivity contribution in [3.05, 3.63) is 40.8 Å². The van der Waals surface area contributed by atoms with Crippen molar-refractivity contribution < 1.29 is 4.79 Å². The predicted octanol–water partition coefficient (Wildman–Crippen LogP) is 4.17.